The van der Waals surface area contributed by atoms with Crippen molar-refractivity contribution in [2.75, 3.05) is 18.4 Å². The van der Waals surface area contributed by atoms with Crippen molar-refractivity contribution in [3.8, 4) is 11.4 Å². The van der Waals surface area contributed by atoms with E-state index in [9.17, 15) is 9.59 Å². The molecule has 1 atom stereocenters. The third-order valence-electron chi connectivity index (χ3n) is 5.87. The first kappa shape index (κ1) is 19.4. The summed E-state index contributed by atoms with van der Waals surface area (Å²) in [4.78, 5) is 27.0. The smallest absolute Gasteiger partial charge is 0.229 e. The Morgan fingerprint density at radius 2 is 1.94 bits per heavy atom. The molecule has 2 fully saturated rings. The fourth-order valence-electron chi connectivity index (χ4n) is 4.00. The number of anilines is 1. The van der Waals surface area contributed by atoms with Crippen LogP contribution in [0.2, 0.25) is 0 Å². The number of tetrazole rings is 1. The van der Waals surface area contributed by atoms with Gasteiger partial charge < -0.3 is 10.2 Å². The summed E-state index contributed by atoms with van der Waals surface area (Å²) in [6, 6.07) is 18.0. The number of carbonyl (C=O) groups excluding carboxylic acids is 2. The van der Waals surface area contributed by atoms with Crippen LogP contribution in [0.4, 0.5) is 5.69 Å². The summed E-state index contributed by atoms with van der Waals surface area (Å²) in [5.41, 5.74) is 2.73. The van der Waals surface area contributed by atoms with Crippen molar-refractivity contribution in [3.63, 3.8) is 0 Å². The molecule has 31 heavy (non-hydrogen) atoms. The molecule has 0 radical (unpaired) electrons. The molecule has 1 aromatic heterocycles. The molecule has 2 aliphatic rings. The van der Waals surface area contributed by atoms with Crippen LogP contribution in [-0.2, 0) is 16.0 Å². The standard InChI is InChI=1S/C23H24N6O2/c30-21-14-18(15-28(21)12-11-16-5-2-1-3-6-16)23(31)24-19-8-4-7-17(13-19)22-25-26-27-29(22)20-9-10-20/h1-8,13,18,20H,9-12,14-15H2,(H,24,31). The van der Waals surface area contributed by atoms with Gasteiger partial charge in [-0.05, 0) is 47.4 Å². The van der Waals surface area contributed by atoms with Crippen molar-refractivity contribution in [2.24, 2.45) is 5.92 Å². The number of carbonyl (C=O) groups is 2. The van der Waals surface area contributed by atoms with Gasteiger partial charge in [0.1, 0.15) is 0 Å². The average Bonchev–Trinajstić information content (AvgIpc) is 3.39. The van der Waals surface area contributed by atoms with Crippen LogP contribution in [0, 0.1) is 5.92 Å². The summed E-state index contributed by atoms with van der Waals surface area (Å²) in [6.45, 7) is 1.09. The Morgan fingerprint density at radius 3 is 2.74 bits per heavy atom. The molecule has 0 bridgehead atoms. The second kappa shape index (κ2) is 8.29. The molecule has 2 heterocycles. The van der Waals surface area contributed by atoms with Gasteiger partial charge in [-0.15, -0.1) is 5.10 Å². The van der Waals surface area contributed by atoms with E-state index >= 15 is 0 Å². The summed E-state index contributed by atoms with van der Waals surface area (Å²) in [5.74, 6) is 0.272. The van der Waals surface area contributed by atoms with Gasteiger partial charge >= 0.3 is 0 Å². The summed E-state index contributed by atoms with van der Waals surface area (Å²) in [7, 11) is 0. The van der Waals surface area contributed by atoms with Crippen LogP contribution in [0.15, 0.2) is 54.6 Å². The van der Waals surface area contributed by atoms with E-state index in [1.165, 1.54) is 5.56 Å². The number of rotatable bonds is 7. The van der Waals surface area contributed by atoms with Crippen molar-refractivity contribution in [1.82, 2.24) is 25.1 Å². The normalized spacial score (nSPS) is 18.4. The first-order valence-corrected chi connectivity index (χ1v) is 10.7. The summed E-state index contributed by atoms with van der Waals surface area (Å²) < 4.78 is 1.85. The lowest BCUT2D eigenvalue weighted by Gasteiger charge is -2.16. The van der Waals surface area contributed by atoms with Crippen molar-refractivity contribution in [2.45, 2.75) is 31.7 Å². The second-order valence-electron chi connectivity index (χ2n) is 8.22. The van der Waals surface area contributed by atoms with Crippen LogP contribution in [0.25, 0.3) is 11.4 Å². The van der Waals surface area contributed by atoms with Gasteiger partial charge in [0.05, 0.1) is 12.0 Å². The van der Waals surface area contributed by atoms with Crippen LogP contribution in [0.5, 0.6) is 0 Å². The topological polar surface area (TPSA) is 93.0 Å². The molecule has 0 spiro atoms. The number of aromatic nitrogens is 4. The Labute approximate surface area is 180 Å². The highest BCUT2D eigenvalue weighted by Crippen LogP contribution is 2.36. The minimum absolute atomic E-state index is 0.0356. The number of hydrogen-bond acceptors (Lipinski definition) is 5. The molecule has 2 amide bonds. The zero-order valence-electron chi connectivity index (χ0n) is 17.1. The number of hydrogen-bond donors (Lipinski definition) is 1. The molecule has 1 N–H and O–H groups in total. The predicted molar refractivity (Wildman–Crippen MR) is 115 cm³/mol. The highest BCUT2D eigenvalue weighted by atomic mass is 16.2. The van der Waals surface area contributed by atoms with Crippen LogP contribution in [0.1, 0.15) is 30.9 Å². The molecule has 1 aliphatic heterocycles. The molecule has 8 heteroatoms. The Hall–Kier alpha value is -3.55. The van der Waals surface area contributed by atoms with E-state index in [1.807, 2.05) is 47.1 Å². The molecule has 1 unspecified atom stereocenters. The van der Waals surface area contributed by atoms with Gasteiger partial charge in [-0.25, -0.2) is 4.68 Å². The van der Waals surface area contributed by atoms with Gasteiger partial charge in [-0.2, -0.15) is 0 Å². The predicted octanol–water partition coefficient (Wildman–Crippen LogP) is 2.70. The summed E-state index contributed by atoms with van der Waals surface area (Å²) in [6.07, 6.45) is 3.22. The van der Waals surface area contributed by atoms with Gasteiger partial charge in [0.15, 0.2) is 5.82 Å². The highest BCUT2D eigenvalue weighted by Gasteiger charge is 2.34. The summed E-state index contributed by atoms with van der Waals surface area (Å²) in [5, 5.41) is 15.0. The lowest BCUT2D eigenvalue weighted by molar-refractivity contribution is -0.128. The first-order valence-electron chi connectivity index (χ1n) is 10.7. The molecule has 3 aromatic rings. The minimum Gasteiger partial charge on any atom is -0.342 e. The Balaban J connectivity index is 1.21. The van der Waals surface area contributed by atoms with E-state index in [-0.39, 0.29) is 24.2 Å². The van der Waals surface area contributed by atoms with Gasteiger partial charge in [0.25, 0.3) is 0 Å². The van der Waals surface area contributed by atoms with Crippen molar-refractivity contribution in [3.05, 3.63) is 60.2 Å². The largest absolute Gasteiger partial charge is 0.342 e. The molecule has 1 aliphatic carbocycles. The van der Waals surface area contributed by atoms with Gasteiger partial charge in [0.2, 0.25) is 11.8 Å². The van der Waals surface area contributed by atoms with Crippen molar-refractivity contribution < 1.29 is 9.59 Å². The lowest BCUT2D eigenvalue weighted by Crippen LogP contribution is -2.30. The molecule has 5 rings (SSSR count). The first-order chi connectivity index (χ1) is 15.2. The third kappa shape index (κ3) is 4.33. The van der Waals surface area contributed by atoms with Gasteiger partial charge in [0, 0.05) is 30.8 Å². The van der Waals surface area contributed by atoms with E-state index in [2.05, 4.69) is 33.0 Å². The Kier molecular flexibility index (Phi) is 5.19. The van der Waals surface area contributed by atoms with Crippen LogP contribution >= 0.6 is 0 Å². The SMILES string of the molecule is O=C(Nc1cccc(-c2nnnn2C2CC2)c1)C1CC(=O)N(CCc2ccccc2)C1. The maximum absolute atomic E-state index is 12.8. The molecule has 8 nitrogen and oxygen atoms in total. The zero-order chi connectivity index (χ0) is 21.2. The zero-order valence-corrected chi connectivity index (χ0v) is 17.1. The Bertz CT molecular complexity index is 1090. The third-order valence-corrected chi connectivity index (χ3v) is 5.87. The summed E-state index contributed by atoms with van der Waals surface area (Å²) >= 11 is 0. The number of likely N-dealkylation sites (tertiary alicyclic amines) is 1. The minimum atomic E-state index is -0.344. The van der Waals surface area contributed by atoms with E-state index in [0.717, 1.165) is 24.8 Å². The molecule has 1 saturated carbocycles. The van der Waals surface area contributed by atoms with E-state index < -0.39 is 0 Å². The fourth-order valence-corrected chi connectivity index (χ4v) is 4.00. The van der Waals surface area contributed by atoms with Gasteiger partial charge in [-0.1, -0.05) is 42.5 Å². The number of nitrogens with one attached hydrogen (secondary N) is 1. The maximum atomic E-state index is 12.8. The molecule has 1 saturated heterocycles. The van der Waals surface area contributed by atoms with Crippen molar-refractivity contribution >= 4 is 17.5 Å². The van der Waals surface area contributed by atoms with Crippen LogP contribution in [0.3, 0.4) is 0 Å². The molecular weight excluding hydrogens is 392 g/mol. The van der Waals surface area contributed by atoms with E-state index in [0.29, 0.717) is 30.6 Å². The van der Waals surface area contributed by atoms with E-state index in [1.54, 1.807) is 4.90 Å². The monoisotopic (exact) mass is 416 g/mol. The highest BCUT2D eigenvalue weighted by molar-refractivity contribution is 5.97. The molecule has 2 aromatic carbocycles. The maximum Gasteiger partial charge on any atom is 0.229 e. The van der Waals surface area contributed by atoms with Crippen LogP contribution < -0.4 is 5.32 Å². The van der Waals surface area contributed by atoms with E-state index in [4.69, 9.17) is 0 Å². The average molecular weight is 416 g/mol. The quantitative estimate of drug-likeness (QED) is 0.639. The van der Waals surface area contributed by atoms with Gasteiger partial charge in [-0.3, -0.25) is 9.59 Å². The molecular formula is C23H24N6O2. The lowest BCUT2D eigenvalue weighted by atomic mass is 10.1. The number of amides is 2. The number of nitrogens with zero attached hydrogens (tertiary/aromatic N) is 5. The number of benzene rings is 2. The second-order valence-corrected chi connectivity index (χ2v) is 8.22. The fraction of sp³-hybridized carbons (Fsp3) is 0.348. The van der Waals surface area contributed by atoms with Crippen molar-refractivity contribution in [1.29, 1.82) is 0 Å². The molecule has 158 valence electrons. The van der Waals surface area contributed by atoms with Crippen LogP contribution in [-0.4, -0.2) is 50.0 Å². The Morgan fingerprint density at radius 1 is 1.10 bits per heavy atom.